The third-order valence-corrected chi connectivity index (χ3v) is 3.95. The van der Waals surface area contributed by atoms with Gasteiger partial charge in [0.2, 0.25) is 11.9 Å². The molecule has 2 rings (SSSR count). The predicted molar refractivity (Wildman–Crippen MR) is 84.1 cm³/mol. The summed E-state index contributed by atoms with van der Waals surface area (Å²) in [5.74, 6) is 0.455. The predicted octanol–water partition coefficient (Wildman–Crippen LogP) is 3.37. The van der Waals surface area contributed by atoms with E-state index in [1.54, 1.807) is 11.3 Å². The van der Waals surface area contributed by atoms with E-state index >= 15 is 0 Å². The van der Waals surface area contributed by atoms with Crippen molar-refractivity contribution >= 4 is 23.2 Å². The number of alkyl halides is 1. The van der Waals surface area contributed by atoms with Crippen molar-refractivity contribution in [3.8, 4) is 0 Å². The molecule has 2 unspecified atom stereocenters. The maximum atomic E-state index is 13.3. The number of anilines is 2. The maximum Gasteiger partial charge on any atom is 0.228 e. The Bertz CT molecular complexity index is 558. The van der Waals surface area contributed by atoms with Gasteiger partial charge in [-0.25, -0.2) is 4.39 Å². The van der Waals surface area contributed by atoms with Crippen LogP contribution in [0.25, 0.3) is 0 Å². The second-order valence-electron chi connectivity index (χ2n) is 4.91. The van der Waals surface area contributed by atoms with Gasteiger partial charge in [0, 0.05) is 6.04 Å². The Morgan fingerprint density at radius 1 is 1.38 bits per heavy atom. The average Bonchev–Trinajstić information content (AvgIpc) is 2.96. The number of nitrogens with zero attached hydrogens (tertiary/aromatic N) is 3. The maximum absolute atomic E-state index is 13.3. The Kier molecular flexibility index (Phi) is 5.44. The Labute approximate surface area is 127 Å². The molecule has 0 bridgehead atoms. The summed E-state index contributed by atoms with van der Waals surface area (Å²) in [6.45, 7) is 3.47. The quantitative estimate of drug-likeness (QED) is 0.820. The number of rotatable bonds is 7. The average molecular weight is 309 g/mol. The van der Waals surface area contributed by atoms with Gasteiger partial charge in [0.1, 0.15) is 0 Å². The van der Waals surface area contributed by atoms with Gasteiger partial charge in [-0.15, -0.1) is 0 Å². The fourth-order valence-electron chi connectivity index (χ4n) is 1.99. The minimum absolute atomic E-state index is 0.0414. The number of hydrogen-bond donors (Lipinski definition) is 2. The highest BCUT2D eigenvalue weighted by Crippen LogP contribution is 2.17. The van der Waals surface area contributed by atoms with Gasteiger partial charge in [-0.3, -0.25) is 0 Å². The molecule has 114 valence electrons. The lowest BCUT2D eigenvalue weighted by atomic mass is 10.1. The smallest absolute Gasteiger partial charge is 0.228 e. The molecule has 5 nitrogen and oxygen atoms in total. The largest absolute Gasteiger partial charge is 0.368 e. The molecule has 0 amide bonds. The highest BCUT2D eigenvalue weighted by molar-refractivity contribution is 7.07. The van der Waals surface area contributed by atoms with Gasteiger partial charge in [0.05, 0.1) is 0 Å². The summed E-state index contributed by atoms with van der Waals surface area (Å²) in [5.41, 5.74) is 6.93. The monoisotopic (exact) mass is 309 g/mol. The van der Waals surface area contributed by atoms with Crippen molar-refractivity contribution in [2.24, 2.45) is 0 Å². The number of aryl methyl sites for hydroxylation is 1. The van der Waals surface area contributed by atoms with Crippen molar-refractivity contribution in [1.82, 2.24) is 15.0 Å². The lowest BCUT2D eigenvalue weighted by Gasteiger charge is -2.17. The third-order valence-electron chi connectivity index (χ3n) is 3.21. The van der Waals surface area contributed by atoms with Gasteiger partial charge in [-0.05, 0) is 48.6 Å². The number of thiophene rings is 1. The summed E-state index contributed by atoms with van der Waals surface area (Å²) < 4.78 is 13.3. The highest BCUT2D eigenvalue weighted by atomic mass is 32.1. The second-order valence-corrected chi connectivity index (χ2v) is 5.69. The summed E-state index contributed by atoms with van der Waals surface area (Å²) in [5, 5.41) is 7.45. The van der Waals surface area contributed by atoms with E-state index in [1.807, 2.05) is 0 Å². The fraction of sp³-hybridized carbons (Fsp3) is 0.500. The SMILES string of the molecule is CCC(CCc1ccsc1)Nc1nc(N)nc(C(C)F)n1. The van der Waals surface area contributed by atoms with Crippen molar-refractivity contribution in [3.63, 3.8) is 0 Å². The Morgan fingerprint density at radius 2 is 2.19 bits per heavy atom. The van der Waals surface area contributed by atoms with Crippen LogP contribution >= 0.6 is 11.3 Å². The first-order valence-corrected chi connectivity index (χ1v) is 7.96. The summed E-state index contributed by atoms with van der Waals surface area (Å²) in [7, 11) is 0. The zero-order valence-electron chi connectivity index (χ0n) is 12.2. The molecule has 0 saturated carbocycles. The summed E-state index contributed by atoms with van der Waals surface area (Å²) >= 11 is 1.70. The van der Waals surface area contributed by atoms with Crippen LogP contribution in [0.1, 0.15) is 44.2 Å². The molecule has 0 spiro atoms. The fourth-order valence-corrected chi connectivity index (χ4v) is 2.69. The van der Waals surface area contributed by atoms with Crippen LogP contribution in [0, 0.1) is 0 Å². The summed E-state index contributed by atoms with van der Waals surface area (Å²) in [6, 6.07) is 2.34. The molecule has 0 aliphatic rings. The van der Waals surface area contributed by atoms with Gasteiger partial charge in [-0.1, -0.05) is 6.92 Å². The minimum atomic E-state index is -1.26. The van der Waals surface area contributed by atoms with Crippen LogP contribution in [-0.2, 0) is 6.42 Å². The number of nitrogens with one attached hydrogen (secondary N) is 1. The van der Waals surface area contributed by atoms with E-state index in [9.17, 15) is 4.39 Å². The normalized spacial score (nSPS) is 13.9. The number of nitrogens with two attached hydrogens (primary N) is 1. The molecule has 0 aliphatic heterocycles. The molecule has 2 aromatic rings. The lowest BCUT2D eigenvalue weighted by Crippen LogP contribution is -2.22. The van der Waals surface area contributed by atoms with E-state index in [-0.39, 0.29) is 17.8 Å². The van der Waals surface area contributed by atoms with Crippen LogP contribution in [0.5, 0.6) is 0 Å². The Morgan fingerprint density at radius 3 is 2.81 bits per heavy atom. The number of aromatic nitrogens is 3. The molecule has 7 heteroatoms. The Hall–Kier alpha value is -1.76. The first kappa shape index (κ1) is 15.6. The van der Waals surface area contributed by atoms with Crippen LogP contribution in [0.4, 0.5) is 16.3 Å². The van der Waals surface area contributed by atoms with Crippen molar-refractivity contribution in [3.05, 3.63) is 28.2 Å². The van der Waals surface area contributed by atoms with Crippen LogP contribution in [0.2, 0.25) is 0 Å². The lowest BCUT2D eigenvalue weighted by molar-refractivity contribution is 0.356. The van der Waals surface area contributed by atoms with Crippen LogP contribution in [0.3, 0.4) is 0 Å². The van der Waals surface area contributed by atoms with Gasteiger partial charge in [0.15, 0.2) is 12.0 Å². The summed E-state index contributed by atoms with van der Waals surface area (Å²) in [6.07, 6.45) is 1.61. The molecule has 0 aromatic carbocycles. The molecule has 0 saturated heterocycles. The highest BCUT2D eigenvalue weighted by Gasteiger charge is 2.13. The molecule has 2 atom stereocenters. The van der Waals surface area contributed by atoms with Crippen LogP contribution < -0.4 is 11.1 Å². The molecular formula is C14H20FN5S. The van der Waals surface area contributed by atoms with Crippen molar-refractivity contribution in [2.45, 2.75) is 45.3 Å². The van der Waals surface area contributed by atoms with Crippen molar-refractivity contribution < 1.29 is 4.39 Å². The van der Waals surface area contributed by atoms with E-state index in [2.05, 4.69) is 44.0 Å². The zero-order valence-corrected chi connectivity index (χ0v) is 13.0. The molecule has 0 fully saturated rings. The zero-order chi connectivity index (χ0) is 15.2. The number of hydrogen-bond acceptors (Lipinski definition) is 6. The van der Waals surface area contributed by atoms with Gasteiger partial charge in [0.25, 0.3) is 0 Å². The molecule has 0 aliphatic carbocycles. The third kappa shape index (κ3) is 4.63. The molecule has 3 N–H and O–H groups in total. The van der Waals surface area contributed by atoms with E-state index in [0.29, 0.717) is 5.95 Å². The van der Waals surface area contributed by atoms with Gasteiger partial charge < -0.3 is 11.1 Å². The summed E-state index contributed by atoms with van der Waals surface area (Å²) in [4.78, 5) is 11.9. The van der Waals surface area contributed by atoms with Crippen LogP contribution in [0.15, 0.2) is 16.8 Å². The first-order valence-electron chi connectivity index (χ1n) is 7.01. The first-order chi connectivity index (χ1) is 10.1. The van der Waals surface area contributed by atoms with E-state index < -0.39 is 6.17 Å². The number of nitrogen functional groups attached to an aromatic ring is 1. The molecule has 2 heterocycles. The standard InChI is InChI=1S/C14H20FN5S/c1-3-11(5-4-10-6-7-21-8-10)17-14-19-12(9(2)15)18-13(16)20-14/h6-9,11H,3-5H2,1-2H3,(H3,16,17,18,19,20). The minimum Gasteiger partial charge on any atom is -0.368 e. The number of halogens is 1. The van der Waals surface area contributed by atoms with Crippen molar-refractivity contribution in [1.29, 1.82) is 0 Å². The van der Waals surface area contributed by atoms with E-state index in [4.69, 9.17) is 5.73 Å². The Balaban J connectivity index is 2.00. The van der Waals surface area contributed by atoms with Gasteiger partial charge in [-0.2, -0.15) is 26.3 Å². The van der Waals surface area contributed by atoms with Gasteiger partial charge >= 0.3 is 0 Å². The second kappa shape index (κ2) is 7.31. The topological polar surface area (TPSA) is 76.7 Å². The van der Waals surface area contributed by atoms with Crippen molar-refractivity contribution in [2.75, 3.05) is 11.1 Å². The molecule has 0 radical (unpaired) electrons. The van der Waals surface area contributed by atoms with E-state index in [1.165, 1.54) is 12.5 Å². The molecule has 2 aromatic heterocycles. The molecular weight excluding hydrogens is 289 g/mol. The molecule has 21 heavy (non-hydrogen) atoms. The van der Waals surface area contributed by atoms with Crippen LogP contribution in [-0.4, -0.2) is 21.0 Å². The van der Waals surface area contributed by atoms with E-state index in [0.717, 1.165) is 19.3 Å².